The Morgan fingerprint density at radius 2 is 1.30 bits per heavy atom. The van der Waals surface area contributed by atoms with Crippen molar-refractivity contribution in [3.05, 3.63) is 119 Å². The van der Waals surface area contributed by atoms with Gasteiger partial charge in [0.15, 0.2) is 5.82 Å². The molecule has 0 saturated carbocycles. The number of nitrogens with one attached hydrogen (secondary N) is 2. The molecular weight excluding hydrogens is 596 g/mol. The molecule has 2 atom stereocenters. The van der Waals surface area contributed by atoms with Crippen molar-refractivity contribution in [2.24, 2.45) is 0 Å². The fraction of sp³-hybridized carbons (Fsp3) is 0.216. The first kappa shape index (κ1) is 32.2. The molecule has 2 amide bonds. The van der Waals surface area contributed by atoms with Crippen molar-refractivity contribution in [2.45, 2.75) is 51.6 Å². The zero-order valence-corrected chi connectivity index (χ0v) is 27.0. The van der Waals surface area contributed by atoms with E-state index in [0.717, 1.165) is 38.3 Å². The lowest BCUT2D eigenvalue weighted by Crippen LogP contribution is -2.51. The second-order valence-corrected chi connectivity index (χ2v) is 13.2. The minimum atomic E-state index is -1.16. The van der Waals surface area contributed by atoms with Gasteiger partial charge in [0.1, 0.15) is 12.1 Å². The molecule has 5 rings (SSSR count). The first-order valence-electron chi connectivity index (χ1n) is 15.0. The molecule has 0 bridgehead atoms. The molecule has 0 spiro atoms. The smallest absolute Gasteiger partial charge is 0.325 e. The van der Waals surface area contributed by atoms with Crippen molar-refractivity contribution >= 4 is 29.1 Å². The summed E-state index contributed by atoms with van der Waals surface area (Å²) in [4.78, 5) is 48.3. The number of hydrogen-bond acceptors (Lipinski definition) is 6. The molecule has 0 aliphatic heterocycles. The fourth-order valence-corrected chi connectivity index (χ4v) is 5.78. The van der Waals surface area contributed by atoms with E-state index in [4.69, 9.17) is 0 Å². The van der Waals surface area contributed by atoms with Crippen molar-refractivity contribution in [1.82, 2.24) is 20.6 Å². The number of rotatable bonds is 10. The number of thiophene rings is 1. The van der Waals surface area contributed by atoms with E-state index in [-0.39, 0.29) is 17.7 Å². The van der Waals surface area contributed by atoms with Gasteiger partial charge >= 0.3 is 5.97 Å². The van der Waals surface area contributed by atoms with Crippen LogP contribution in [-0.2, 0) is 21.4 Å². The standard InChI is InChI=1S/C37H36N4O4S/c1-23(36(44)45)40-34(42)30(41-35(43)31-18-19-32(46-31)37(2,3)4)20-24-10-12-28(13-11-24)33-38-21-29(22-39-33)27-16-14-26(15-17-27)25-8-6-5-7-9-25/h5-19,21-23,30H,20H2,1-4H3,(H,40,42)(H,41,43)(H,44,45)/t23-,30+/m1/s1. The number of amides is 2. The van der Waals surface area contributed by atoms with Gasteiger partial charge in [0.05, 0.1) is 4.88 Å². The number of aromatic nitrogens is 2. The first-order valence-corrected chi connectivity index (χ1v) is 15.8. The van der Waals surface area contributed by atoms with Gasteiger partial charge in [-0.2, -0.15) is 0 Å². The number of nitrogens with zero attached hydrogens (tertiary/aromatic N) is 2. The van der Waals surface area contributed by atoms with Gasteiger partial charge in [-0.25, -0.2) is 9.97 Å². The topological polar surface area (TPSA) is 121 Å². The normalized spacial score (nSPS) is 12.6. The quantitative estimate of drug-likeness (QED) is 0.156. The van der Waals surface area contributed by atoms with Crippen molar-refractivity contribution in [3.8, 4) is 33.6 Å². The molecule has 0 fully saturated rings. The maximum atomic E-state index is 13.1. The molecule has 2 aromatic heterocycles. The number of carbonyl (C=O) groups excluding carboxylic acids is 2. The van der Waals surface area contributed by atoms with Gasteiger partial charge in [-0.3, -0.25) is 14.4 Å². The molecule has 0 saturated heterocycles. The average Bonchev–Trinajstić information content (AvgIpc) is 3.57. The van der Waals surface area contributed by atoms with Crippen LogP contribution in [0.2, 0.25) is 0 Å². The third kappa shape index (κ3) is 7.92. The number of benzene rings is 3. The van der Waals surface area contributed by atoms with E-state index < -0.39 is 24.0 Å². The van der Waals surface area contributed by atoms with Crippen LogP contribution in [0.1, 0.15) is 47.8 Å². The van der Waals surface area contributed by atoms with Gasteiger partial charge < -0.3 is 15.7 Å². The minimum Gasteiger partial charge on any atom is -0.480 e. The predicted octanol–water partition coefficient (Wildman–Crippen LogP) is 6.77. The number of carboxylic acids is 1. The highest BCUT2D eigenvalue weighted by atomic mass is 32.1. The Morgan fingerprint density at radius 3 is 1.87 bits per heavy atom. The van der Waals surface area contributed by atoms with E-state index in [1.165, 1.54) is 18.3 Å². The van der Waals surface area contributed by atoms with Gasteiger partial charge in [0, 0.05) is 34.8 Å². The average molecular weight is 633 g/mol. The van der Waals surface area contributed by atoms with Crippen molar-refractivity contribution in [3.63, 3.8) is 0 Å². The molecule has 46 heavy (non-hydrogen) atoms. The Morgan fingerprint density at radius 1 is 0.739 bits per heavy atom. The molecule has 5 aromatic rings. The molecule has 3 aromatic carbocycles. The van der Waals surface area contributed by atoms with E-state index >= 15 is 0 Å². The summed E-state index contributed by atoms with van der Waals surface area (Å²) in [6.45, 7) is 7.58. The maximum Gasteiger partial charge on any atom is 0.325 e. The van der Waals surface area contributed by atoms with Crippen molar-refractivity contribution in [1.29, 1.82) is 0 Å². The highest BCUT2D eigenvalue weighted by Crippen LogP contribution is 2.30. The first-order chi connectivity index (χ1) is 22.0. The van der Waals surface area contributed by atoms with Crippen LogP contribution in [0.25, 0.3) is 33.6 Å². The van der Waals surface area contributed by atoms with Crippen LogP contribution >= 0.6 is 11.3 Å². The van der Waals surface area contributed by atoms with Gasteiger partial charge in [-0.05, 0) is 46.7 Å². The van der Waals surface area contributed by atoms with Crippen LogP contribution in [0.4, 0.5) is 0 Å². The zero-order chi connectivity index (χ0) is 32.8. The molecule has 0 unspecified atom stereocenters. The molecule has 2 heterocycles. The van der Waals surface area contributed by atoms with Crippen LogP contribution in [0.15, 0.2) is 103 Å². The summed E-state index contributed by atoms with van der Waals surface area (Å²) < 4.78 is 0. The van der Waals surface area contributed by atoms with E-state index in [0.29, 0.717) is 10.7 Å². The van der Waals surface area contributed by atoms with Crippen molar-refractivity contribution in [2.75, 3.05) is 0 Å². The van der Waals surface area contributed by atoms with Crippen LogP contribution in [0, 0.1) is 0 Å². The SMILES string of the molecule is C[C@@H](NC(=O)[C@H](Cc1ccc(-c2ncc(-c3ccc(-c4ccccc4)cc3)cn2)cc1)NC(=O)c1ccc(C(C)(C)C)s1)C(=O)O. The summed E-state index contributed by atoms with van der Waals surface area (Å²) in [6.07, 6.45) is 3.76. The monoisotopic (exact) mass is 632 g/mol. The fourth-order valence-electron chi connectivity index (χ4n) is 4.81. The summed E-state index contributed by atoms with van der Waals surface area (Å²) in [6, 6.07) is 27.5. The summed E-state index contributed by atoms with van der Waals surface area (Å²) >= 11 is 1.37. The molecule has 234 valence electrons. The third-order valence-corrected chi connectivity index (χ3v) is 9.06. The highest BCUT2D eigenvalue weighted by molar-refractivity contribution is 7.14. The van der Waals surface area contributed by atoms with Crippen LogP contribution in [-0.4, -0.2) is 44.9 Å². The molecule has 9 heteroatoms. The summed E-state index contributed by atoms with van der Waals surface area (Å²) in [5.74, 6) is -1.56. The van der Waals surface area contributed by atoms with E-state index in [2.05, 4.69) is 77.8 Å². The lowest BCUT2D eigenvalue weighted by Gasteiger charge is -2.20. The second kappa shape index (κ2) is 13.9. The number of hydrogen-bond donors (Lipinski definition) is 3. The van der Waals surface area contributed by atoms with Gasteiger partial charge in [-0.15, -0.1) is 11.3 Å². The van der Waals surface area contributed by atoms with E-state index in [9.17, 15) is 19.5 Å². The van der Waals surface area contributed by atoms with Gasteiger partial charge in [0.2, 0.25) is 5.91 Å². The largest absolute Gasteiger partial charge is 0.480 e. The Bertz CT molecular complexity index is 1810. The lowest BCUT2D eigenvalue weighted by molar-refractivity contribution is -0.141. The van der Waals surface area contributed by atoms with E-state index in [1.807, 2.05) is 48.5 Å². The summed E-state index contributed by atoms with van der Waals surface area (Å²) in [5.41, 5.74) is 5.68. The Labute approximate surface area is 272 Å². The number of aliphatic carboxylic acids is 1. The van der Waals surface area contributed by atoms with Crippen molar-refractivity contribution < 1.29 is 19.5 Å². The molecule has 8 nitrogen and oxygen atoms in total. The zero-order valence-electron chi connectivity index (χ0n) is 26.2. The van der Waals surface area contributed by atoms with Crippen LogP contribution in [0.5, 0.6) is 0 Å². The highest BCUT2D eigenvalue weighted by Gasteiger charge is 2.26. The molecular formula is C37H36N4O4S. The molecule has 0 radical (unpaired) electrons. The summed E-state index contributed by atoms with van der Waals surface area (Å²) in [7, 11) is 0. The molecule has 0 aliphatic carbocycles. The Hall–Kier alpha value is -5.15. The second-order valence-electron chi connectivity index (χ2n) is 12.1. The lowest BCUT2D eigenvalue weighted by atomic mass is 9.95. The summed E-state index contributed by atoms with van der Waals surface area (Å²) in [5, 5.41) is 14.6. The minimum absolute atomic E-state index is 0.114. The maximum absolute atomic E-state index is 13.1. The predicted molar refractivity (Wildman–Crippen MR) is 182 cm³/mol. The number of carbonyl (C=O) groups is 3. The third-order valence-electron chi connectivity index (χ3n) is 7.55. The van der Waals surface area contributed by atoms with E-state index in [1.54, 1.807) is 18.5 Å². The van der Waals surface area contributed by atoms with Crippen LogP contribution < -0.4 is 10.6 Å². The van der Waals surface area contributed by atoms with Crippen LogP contribution in [0.3, 0.4) is 0 Å². The van der Waals surface area contributed by atoms with Gasteiger partial charge in [-0.1, -0.05) is 99.6 Å². The Kier molecular flexibility index (Phi) is 9.72. The molecule has 3 N–H and O–H groups in total. The molecule has 0 aliphatic rings. The van der Waals surface area contributed by atoms with Gasteiger partial charge in [0.25, 0.3) is 5.91 Å². The Balaban J connectivity index is 1.28. The number of carboxylic acid groups (broad SMARTS) is 1.